The summed E-state index contributed by atoms with van der Waals surface area (Å²) in [5.41, 5.74) is 0.489. The van der Waals surface area contributed by atoms with E-state index in [1.165, 1.54) is 0 Å². The summed E-state index contributed by atoms with van der Waals surface area (Å²) in [6, 6.07) is -0.110. The molecule has 1 aliphatic carbocycles. The Hall–Kier alpha value is -0.570. The fourth-order valence-corrected chi connectivity index (χ4v) is 6.87. The minimum Gasteiger partial charge on any atom is -0.477 e. The third-order valence-corrected chi connectivity index (χ3v) is 7.74. The average molecular weight is 349 g/mol. The van der Waals surface area contributed by atoms with E-state index in [4.69, 9.17) is 5.11 Å². The van der Waals surface area contributed by atoms with Crippen LogP contribution < -0.4 is 4.72 Å². The van der Waals surface area contributed by atoms with Crippen molar-refractivity contribution in [2.75, 3.05) is 5.75 Å². The maximum Gasteiger partial charge on any atom is 0.347 e. The second-order valence-electron chi connectivity index (χ2n) is 5.03. The molecule has 0 spiro atoms. The molecule has 118 valence electrons. The molecule has 2 atom stereocenters. The molecule has 2 unspecified atom stereocenters. The minimum atomic E-state index is -3.79. The number of hydrogen-bond donors (Lipinski definition) is 2. The standard InChI is InChI=1S/C13H19NO4S3/c1-3-19-10-6-4-5-9(10)14-21(17,18)12-8(2)7-20-11(12)13(15)16/h7,9-10,14H,3-6H2,1-2H3,(H,15,16). The van der Waals surface area contributed by atoms with Gasteiger partial charge in [-0.2, -0.15) is 11.8 Å². The average Bonchev–Trinajstić information content (AvgIpc) is 2.97. The van der Waals surface area contributed by atoms with Gasteiger partial charge in [-0.25, -0.2) is 17.9 Å². The van der Waals surface area contributed by atoms with Crippen LogP contribution in [0.3, 0.4) is 0 Å². The lowest BCUT2D eigenvalue weighted by atomic mass is 10.3. The first kappa shape index (κ1) is 16.8. The van der Waals surface area contributed by atoms with Crippen LogP contribution in [0.15, 0.2) is 10.3 Å². The lowest BCUT2D eigenvalue weighted by Gasteiger charge is -2.20. The summed E-state index contributed by atoms with van der Waals surface area (Å²) in [4.78, 5) is 11.0. The maximum absolute atomic E-state index is 12.6. The van der Waals surface area contributed by atoms with Gasteiger partial charge < -0.3 is 5.11 Å². The predicted molar refractivity (Wildman–Crippen MR) is 85.9 cm³/mol. The fourth-order valence-electron chi connectivity index (χ4n) is 2.65. The van der Waals surface area contributed by atoms with Crippen LogP contribution in [0.25, 0.3) is 0 Å². The van der Waals surface area contributed by atoms with Crippen LogP contribution in [-0.2, 0) is 10.0 Å². The highest BCUT2D eigenvalue weighted by Crippen LogP contribution is 2.32. The first-order valence-corrected chi connectivity index (χ1v) is 10.2. The minimum absolute atomic E-state index is 0.0767. The van der Waals surface area contributed by atoms with Crippen LogP contribution in [-0.4, -0.2) is 36.5 Å². The molecule has 21 heavy (non-hydrogen) atoms. The Bertz CT molecular complexity index is 623. The Morgan fingerprint density at radius 3 is 2.86 bits per heavy atom. The van der Waals surface area contributed by atoms with E-state index < -0.39 is 16.0 Å². The normalized spacial score (nSPS) is 22.6. The van der Waals surface area contributed by atoms with Crippen LogP contribution >= 0.6 is 23.1 Å². The van der Waals surface area contributed by atoms with Crippen molar-refractivity contribution in [1.82, 2.24) is 4.72 Å². The molecular weight excluding hydrogens is 330 g/mol. The zero-order valence-corrected chi connectivity index (χ0v) is 14.4. The topological polar surface area (TPSA) is 83.5 Å². The SMILES string of the molecule is CCSC1CCCC1NS(=O)(=O)c1c(C)csc1C(=O)O. The zero-order chi connectivity index (χ0) is 15.6. The van der Waals surface area contributed by atoms with Gasteiger partial charge in [0, 0.05) is 11.3 Å². The second kappa shape index (κ2) is 6.68. The van der Waals surface area contributed by atoms with Gasteiger partial charge in [0.1, 0.15) is 9.77 Å². The third-order valence-electron chi connectivity index (χ3n) is 3.52. The lowest BCUT2D eigenvalue weighted by molar-refractivity contribution is 0.0698. The molecule has 1 fully saturated rings. The second-order valence-corrected chi connectivity index (χ2v) is 9.08. The summed E-state index contributed by atoms with van der Waals surface area (Å²) in [6.07, 6.45) is 2.81. The first-order valence-electron chi connectivity index (χ1n) is 6.82. The van der Waals surface area contributed by atoms with E-state index in [0.29, 0.717) is 5.56 Å². The van der Waals surface area contributed by atoms with E-state index in [0.717, 1.165) is 36.4 Å². The molecule has 0 amide bonds. The summed E-state index contributed by atoms with van der Waals surface area (Å²) >= 11 is 2.72. The number of thiophene rings is 1. The molecule has 8 heteroatoms. The van der Waals surface area contributed by atoms with Gasteiger partial charge in [-0.15, -0.1) is 11.3 Å². The van der Waals surface area contributed by atoms with Gasteiger partial charge in [0.15, 0.2) is 0 Å². The molecule has 1 aliphatic rings. The quantitative estimate of drug-likeness (QED) is 0.825. The summed E-state index contributed by atoms with van der Waals surface area (Å²) in [7, 11) is -3.79. The monoisotopic (exact) mass is 349 g/mol. The Morgan fingerprint density at radius 2 is 2.24 bits per heavy atom. The molecule has 0 saturated heterocycles. The molecule has 1 aromatic heterocycles. The Labute approximate surface area is 133 Å². The number of carbonyl (C=O) groups is 1. The van der Waals surface area contributed by atoms with Gasteiger partial charge in [-0.1, -0.05) is 13.3 Å². The highest BCUT2D eigenvalue weighted by Gasteiger charge is 2.34. The number of rotatable bonds is 6. The number of nitrogens with one attached hydrogen (secondary N) is 1. The molecule has 1 aromatic rings. The van der Waals surface area contributed by atoms with Crippen LogP contribution in [0.4, 0.5) is 0 Å². The number of hydrogen-bond acceptors (Lipinski definition) is 5. The molecule has 1 heterocycles. The van der Waals surface area contributed by atoms with E-state index in [2.05, 4.69) is 11.6 Å². The summed E-state index contributed by atoms with van der Waals surface area (Å²) in [5.74, 6) is -0.250. The van der Waals surface area contributed by atoms with Gasteiger partial charge in [0.05, 0.1) is 0 Å². The van der Waals surface area contributed by atoms with Crippen molar-refractivity contribution >= 4 is 39.1 Å². The fraction of sp³-hybridized carbons (Fsp3) is 0.615. The number of carboxylic acids is 1. The molecule has 5 nitrogen and oxygen atoms in total. The number of sulfonamides is 1. The molecule has 0 radical (unpaired) electrons. The van der Waals surface area contributed by atoms with E-state index in [9.17, 15) is 13.2 Å². The molecule has 0 aromatic carbocycles. The van der Waals surface area contributed by atoms with Crippen molar-refractivity contribution in [1.29, 1.82) is 0 Å². The largest absolute Gasteiger partial charge is 0.477 e. The molecule has 0 aliphatic heterocycles. The van der Waals surface area contributed by atoms with Gasteiger partial charge >= 0.3 is 5.97 Å². The Balaban J connectivity index is 2.27. The summed E-state index contributed by atoms with van der Waals surface area (Å²) in [5, 5.41) is 11.0. The summed E-state index contributed by atoms with van der Waals surface area (Å²) in [6.45, 7) is 3.69. The molecule has 1 saturated carbocycles. The predicted octanol–water partition coefficient (Wildman–Crippen LogP) is 2.71. The molecule has 2 rings (SSSR count). The van der Waals surface area contributed by atoms with E-state index in [-0.39, 0.29) is 21.1 Å². The first-order chi connectivity index (χ1) is 9.86. The Morgan fingerprint density at radius 1 is 1.52 bits per heavy atom. The van der Waals surface area contributed by atoms with Crippen molar-refractivity contribution in [2.45, 2.75) is 49.3 Å². The van der Waals surface area contributed by atoms with Crippen molar-refractivity contribution in [3.8, 4) is 0 Å². The Kier molecular flexibility index (Phi) is 5.34. The molecule has 2 N–H and O–H groups in total. The van der Waals surface area contributed by atoms with E-state index in [1.807, 2.05) is 0 Å². The van der Waals surface area contributed by atoms with Gasteiger partial charge in [0.25, 0.3) is 0 Å². The van der Waals surface area contributed by atoms with Crippen molar-refractivity contribution in [3.63, 3.8) is 0 Å². The number of thioether (sulfide) groups is 1. The summed E-state index contributed by atoms with van der Waals surface area (Å²) < 4.78 is 27.9. The van der Waals surface area contributed by atoms with E-state index >= 15 is 0 Å². The third kappa shape index (κ3) is 3.61. The molecule has 0 bridgehead atoms. The van der Waals surface area contributed by atoms with Crippen LogP contribution in [0.1, 0.15) is 41.4 Å². The maximum atomic E-state index is 12.6. The van der Waals surface area contributed by atoms with E-state index in [1.54, 1.807) is 24.1 Å². The van der Waals surface area contributed by atoms with Crippen LogP contribution in [0.2, 0.25) is 0 Å². The zero-order valence-electron chi connectivity index (χ0n) is 12.0. The number of carboxylic acid groups (broad SMARTS) is 1. The number of aryl methyl sites for hydroxylation is 1. The highest BCUT2D eigenvalue weighted by atomic mass is 32.2. The van der Waals surface area contributed by atoms with Crippen molar-refractivity contribution < 1.29 is 18.3 Å². The van der Waals surface area contributed by atoms with Gasteiger partial charge in [-0.3, -0.25) is 0 Å². The van der Waals surface area contributed by atoms with Crippen molar-refractivity contribution in [2.24, 2.45) is 0 Å². The highest BCUT2D eigenvalue weighted by molar-refractivity contribution is 8.00. The lowest BCUT2D eigenvalue weighted by Crippen LogP contribution is -2.39. The van der Waals surface area contributed by atoms with Crippen molar-refractivity contribution in [3.05, 3.63) is 15.8 Å². The molecular formula is C13H19NO4S3. The van der Waals surface area contributed by atoms with Gasteiger partial charge in [0.2, 0.25) is 10.0 Å². The number of aromatic carboxylic acids is 1. The van der Waals surface area contributed by atoms with Gasteiger partial charge in [-0.05, 0) is 36.5 Å². The van der Waals surface area contributed by atoms with Crippen LogP contribution in [0, 0.1) is 6.92 Å². The smallest absolute Gasteiger partial charge is 0.347 e. The van der Waals surface area contributed by atoms with Crippen LogP contribution in [0.5, 0.6) is 0 Å².